The fourth-order valence-electron chi connectivity index (χ4n) is 3.05. The molecule has 3 rings (SSSR count). The zero-order valence-corrected chi connectivity index (χ0v) is 16.3. The molecule has 0 aliphatic carbocycles. The van der Waals surface area contributed by atoms with Crippen LogP contribution in [-0.2, 0) is 10.0 Å². The van der Waals surface area contributed by atoms with Crippen molar-refractivity contribution in [1.29, 1.82) is 5.26 Å². The Hall–Kier alpha value is -2.56. The number of benzene rings is 2. The maximum absolute atomic E-state index is 12.6. The average Bonchev–Trinajstić information content (AvgIpc) is 2.62. The highest BCUT2D eigenvalue weighted by Gasteiger charge is 2.27. The lowest BCUT2D eigenvalue weighted by atomic mass is 10.1. The summed E-state index contributed by atoms with van der Waals surface area (Å²) in [5, 5.41) is 12.3. The molecule has 0 aromatic heterocycles. The number of nitrogens with one attached hydrogen (secondary N) is 1. The molecule has 0 radical (unpaired) electrons. The van der Waals surface area contributed by atoms with Crippen molar-refractivity contribution < 1.29 is 13.2 Å². The summed E-state index contributed by atoms with van der Waals surface area (Å²) in [4.78, 5) is 12.6. The van der Waals surface area contributed by atoms with E-state index in [4.69, 9.17) is 16.9 Å². The molecule has 140 valence electrons. The number of aryl methyl sites for hydroxylation is 1. The fraction of sp³-hybridized carbons (Fsp3) is 0.263. The Morgan fingerprint density at radius 3 is 2.67 bits per heavy atom. The predicted molar refractivity (Wildman–Crippen MR) is 106 cm³/mol. The lowest BCUT2D eigenvalue weighted by molar-refractivity contribution is 0.102. The van der Waals surface area contributed by atoms with Crippen molar-refractivity contribution in [2.24, 2.45) is 0 Å². The largest absolute Gasteiger partial charge is 0.321 e. The molecule has 1 aliphatic rings. The van der Waals surface area contributed by atoms with Crippen molar-refractivity contribution in [3.05, 3.63) is 58.1 Å². The molecule has 0 saturated carbocycles. The molecule has 8 heteroatoms. The van der Waals surface area contributed by atoms with Gasteiger partial charge in [0.05, 0.1) is 22.7 Å². The number of sulfonamides is 1. The van der Waals surface area contributed by atoms with Gasteiger partial charge in [-0.15, -0.1) is 0 Å². The second-order valence-electron chi connectivity index (χ2n) is 6.35. The summed E-state index contributed by atoms with van der Waals surface area (Å²) in [5.74, 6) is -0.259. The van der Waals surface area contributed by atoms with Crippen LogP contribution in [-0.4, -0.2) is 26.6 Å². The molecule has 0 unspecified atom stereocenters. The smallest absolute Gasteiger partial charge is 0.255 e. The van der Waals surface area contributed by atoms with Gasteiger partial charge in [0.15, 0.2) is 0 Å². The molecule has 1 fully saturated rings. The normalized spacial score (nSPS) is 15.8. The number of halogens is 1. The van der Waals surface area contributed by atoms with Crippen molar-refractivity contribution in [3.8, 4) is 6.07 Å². The van der Waals surface area contributed by atoms with Crippen LogP contribution < -0.4 is 9.62 Å². The van der Waals surface area contributed by atoms with Gasteiger partial charge in [-0.3, -0.25) is 9.10 Å². The van der Waals surface area contributed by atoms with Crippen LogP contribution in [0.25, 0.3) is 0 Å². The van der Waals surface area contributed by atoms with Crippen LogP contribution in [0.5, 0.6) is 0 Å². The summed E-state index contributed by atoms with van der Waals surface area (Å²) in [6.07, 6.45) is 1.48. The summed E-state index contributed by atoms with van der Waals surface area (Å²) in [5.41, 5.74) is 2.29. The average molecular weight is 404 g/mol. The molecule has 6 nitrogen and oxygen atoms in total. The molecule has 0 bridgehead atoms. The SMILES string of the molecule is Cc1cc(C(=O)Nc2cc(Cl)ccc2C#N)ccc1N1CCCCS1(=O)=O. The highest BCUT2D eigenvalue weighted by Crippen LogP contribution is 2.28. The number of carbonyl (C=O) groups excluding carboxylic acids is 1. The minimum absolute atomic E-state index is 0.139. The Kier molecular flexibility index (Phi) is 5.40. The number of rotatable bonds is 3. The van der Waals surface area contributed by atoms with E-state index in [0.717, 1.165) is 6.42 Å². The third-order valence-electron chi connectivity index (χ3n) is 4.43. The van der Waals surface area contributed by atoms with Crippen molar-refractivity contribution in [1.82, 2.24) is 0 Å². The van der Waals surface area contributed by atoms with Crippen LogP contribution in [0.3, 0.4) is 0 Å². The van der Waals surface area contributed by atoms with Crippen molar-refractivity contribution in [3.63, 3.8) is 0 Å². The van der Waals surface area contributed by atoms with E-state index in [0.29, 0.717) is 46.1 Å². The Balaban J connectivity index is 1.87. The third kappa shape index (κ3) is 4.07. The van der Waals surface area contributed by atoms with Crippen LogP contribution in [0.15, 0.2) is 36.4 Å². The van der Waals surface area contributed by atoms with Crippen LogP contribution in [0.2, 0.25) is 5.02 Å². The van der Waals surface area contributed by atoms with Gasteiger partial charge in [-0.1, -0.05) is 11.6 Å². The van der Waals surface area contributed by atoms with E-state index in [1.807, 2.05) is 6.07 Å². The molecule has 27 heavy (non-hydrogen) atoms. The molecule has 1 heterocycles. The first-order valence-corrected chi connectivity index (χ1v) is 10.4. The van der Waals surface area contributed by atoms with Crippen molar-refractivity contribution in [2.75, 3.05) is 21.9 Å². The van der Waals surface area contributed by atoms with Gasteiger partial charge in [0, 0.05) is 17.1 Å². The topological polar surface area (TPSA) is 90.3 Å². The maximum Gasteiger partial charge on any atom is 0.255 e. The van der Waals surface area contributed by atoms with E-state index >= 15 is 0 Å². The van der Waals surface area contributed by atoms with E-state index in [1.165, 1.54) is 16.4 Å². The van der Waals surface area contributed by atoms with Crippen LogP contribution in [0.1, 0.15) is 34.3 Å². The second-order valence-corrected chi connectivity index (χ2v) is 8.80. The molecule has 0 atom stereocenters. The summed E-state index contributed by atoms with van der Waals surface area (Å²) >= 11 is 5.94. The Morgan fingerprint density at radius 1 is 1.22 bits per heavy atom. The molecular weight excluding hydrogens is 386 g/mol. The first kappa shape index (κ1) is 19.2. The van der Waals surface area contributed by atoms with Crippen LogP contribution >= 0.6 is 11.6 Å². The van der Waals surface area contributed by atoms with E-state index < -0.39 is 15.9 Å². The minimum atomic E-state index is -3.31. The quantitative estimate of drug-likeness (QED) is 0.845. The van der Waals surface area contributed by atoms with E-state index in [9.17, 15) is 13.2 Å². The molecule has 1 saturated heterocycles. The Labute approximate surface area is 163 Å². The van der Waals surface area contributed by atoms with Crippen molar-refractivity contribution in [2.45, 2.75) is 19.8 Å². The molecule has 1 aliphatic heterocycles. The van der Waals surface area contributed by atoms with Gasteiger partial charge in [0.2, 0.25) is 10.0 Å². The fourth-order valence-corrected chi connectivity index (χ4v) is 4.92. The monoisotopic (exact) mass is 403 g/mol. The van der Waals surface area contributed by atoms with Crippen LogP contribution in [0.4, 0.5) is 11.4 Å². The molecule has 2 aromatic rings. The molecule has 1 amide bonds. The highest BCUT2D eigenvalue weighted by atomic mass is 35.5. The number of nitrogens with zero attached hydrogens (tertiary/aromatic N) is 2. The molecule has 0 spiro atoms. The zero-order valence-electron chi connectivity index (χ0n) is 14.7. The van der Waals surface area contributed by atoms with Gasteiger partial charge < -0.3 is 5.32 Å². The summed E-state index contributed by atoms with van der Waals surface area (Å²) < 4.78 is 26.0. The first-order chi connectivity index (χ1) is 12.8. The minimum Gasteiger partial charge on any atom is -0.321 e. The lowest BCUT2D eigenvalue weighted by Gasteiger charge is -2.29. The second kappa shape index (κ2) is 7.59. The van der Waals surface area contributed by atoms with Gasteiger partial charge in [-0.05, 0) is 61.7 Å². The number of nitriles is 1. The third-order valence-corrected chi connectivity index (χ3v) is 6.52. The summed E-state index contributed by atoms with van der Waals surface area (Å²) in [6.45, 7) is 2.22. The van der Waals surface area contributed by atoms with E-state index in [1.54, 1.807) is 31.2 Å². The first-order valence-electron chi connectivity index (χ1n) is 8.44. The summed E-state index contributed by atoms with van der Waals surface area (Å²) in [7, 11) is -3.31. The number of hydrogen-bond donors (Lipinski definition) is 1. The van der Waals surface area contributed by atoms with E-state index in [-0.39, 0.29) is 5.75 Å². The maximum atomic E-state index is 12.6. The Bertz CT molecular complexity index is 1040. The number of anilines is 2. The van der Waals surface area contributed by atoms with Gasteiger partial charge in [0.1, 0.15) is 6.07 Å². The zero-order chi connectivity index (χ0) is 19.6. The molecular formula is C19H18ClN3O3S. The van der Waals surface area contributed by atoms with Crippen LogP contribution in [0, 0.1) is 18.3 Å². The number of carbonyl (C=O) groups is 1. The van der Waals surface area contributed by atoms with Gasteiger partial charge in [-0.25, -0.2) is 8.42 Å². The van der Waals surface area contributed by atoms with Crippen molar-refractivity contribution >= 4 is 38.9 Å². The van der Waals surface area contributed by atoms with Gasteiger partial charge >= 0.3 is 0 Å². The molecule has 2 aromatic carbocycles. The Morgan fingerprint density at radius 2 is 2.00 bits per heavy atom. The van der Waals surface area contributed by atoms with E-state index in [2.05, 4.69) is 5.32 Å². The standard InChI is InChI=1S/C19H18ClN3O3S/c1-13-10-14(5-7-18(13)23-8-2-3-9-27(23,25)26)19(24)22-17-11-16(20)6-4-15(17)12-21/h4-7,10-11H,2-3,8-9H2,1H3,(H,22,24). The highest BCUT2D eigenvalue weighted by molar-refractivity contribution is 7.92. The number of hydrogen-bond acceptors (Lipinski definition) is 4. The lowest BCUT2D eigenvalue weighted by Crippen LogP contribution is -2.38. The molecule has 1 N–H and O–H groups in total. The summed E-state index contributed by atoms with van der Waals surface area (Å²) in [6, 6.07) is 11.5. The van der Waals surface area contributed by atoms with Gasteiger partial charge in [0.25, 0.3) is 5.91 Å². The van der Waals surface area contributed by atoms with Gasteiger partial charge in [-0.2, -0.15) is 5.26 Å². The number of amides is 1. The predicted octanol–water partition coefficient (Wildman–Crippen LogP) is 3.70.